The second-order valence-electron chi connectivity index (χ2n) is 5.93. The minimum absolute atomic E-state index is 0.0345. The number of hydrogen-bond acceptors (Lipinski definition) is 4. The predicted octanol–water partition coefficient (Wildman–Crippen LogP) is 1.79. The third kappa shape index (κ3) is 2.97. The summed E-state index contributed by atoms with van der Waals surface area (Å²) in [5.41, 5.74) is 0. The summed E-state index contributed by atoms with van der Waals surface area (Å²) in [5.74, 6) is -0.0867. The van der Waals surface area contributed by atoms with Crippen molar-refractivity contribution >= 4 is 23.6 Å². The number of imide groups is 1. The number of nitrogens with one attached hydrogen (secondary N) is 1. The monoisotopic (exact) mass is 284 g/mol. The van der Waals surface area contributed by atoms with E-state index in [2.05, 4.69) is 11.6 Å². The predicted molar refractivity (Wildman–Crippen MR) is 78.1 cm³/mol. The van der Waals surface area contributed by atoms with Gasteiger partial charge in [0.25, 0.3) is 0 Å². The second-order valence-corrected chi connectivity index (χ2v) is 7.20. The minimum atomic E-state index is -0.306. The molecule has 0 aromatic carbocycles. The molecule has 1 aliphatic carbocycles. The fraction of sp³-hybridized carbons (Fsp3) is 0.857. The van der Waals surface area contributed by atoms with Gasteiger partial charge in [0.1, 0.15) is 0 Å². The van der Waals surface area contributed by atoms with Crippen LogP contribution >= 0.6 is 11.8 Å². The van der Waals surface area contributed by atoms with Crippen LogP contribution in [-0.4, -0.2) is 46.3 Å². The highest BCUT2D eigenvalue weighted by atomic mass is 32.2. The van der Waals surface area contributed by atoms with Gasteiger partial charge >= 0.3 is 0 Å². The van der Waals surface area contributed by atoms with Crippen molar-refractivity contribution in [2.45, 2.75) is 62.8 Å². The highest BCUT2D eigenvalue weighted by molar-refractivity contribution is 8.00. The topological polar surface area (TPSA) is 49.4 Å². The standard InChI is InChI=1S/C14H24N2O2S/c1-10(2)16-12(17)8-11(13(16)18)15-9-14(19-3)6-4-5-7-14/h10-11,15H,4-9H2,1-3H3. The Hall–Kier alpha value is -0.550. The molecule has 108 valence electrons. The van der Waals surface area contributed by atoms with Gasteiger partial charge in [-0.15, -0.1) is 0 Å². The molecule has 1 unspecified atom stereocenters. The quantitative estimate of drug-likeness (QED) is 0.782. The summed E-state index contributed by atoms with van der Waals surface area (Å²) < 4.78 is 0.272. The lowest BCUT2D eigenvalue weighted by molar-refractivity contribution is -0.140. The normalized spacial score (nSPS) is 26.7. The smallest absolute Gasteiger partial charge is 0.247 e. The molecule has 2 aliphatic rings. The first-order valence-corrected chi connectivity index (χ1v) is 8.36. The summed E-state index contributed by atoms with van der Waals surface area (Å²) in [4.78, 5) is 25.4. The zero-order valence-electron chi connectivity index (χ0n) is 12.1. The van der Waals surface area contributed by atoms with Crippen LogP contribution in [0.15, 0.2) is 0 Å². The Kier molecular flexibility index (Phi) is 4.56. The third-order valence-electron chi connectivity index (χ3n) is 4.32. The molecule has 2 rings (SSSR count). The van der Waals surface area contributed by atoms with Gasteiger partial charge < -0.3 is 5.32 Å². The van der Waals surface area contributed by atoms with E-state index in [9.17, 15) is 9.59 Å². The van der Waals surface area contributed by atoms with Crippen molar-refractivity contribution in [3.05, 3.63) is 0 Å². The largest absolute Gasteiger partial charge is 0.304 e. The summed E-state index contributed by atoms with van der Waals surface area (Å²) in [6.45, 7) is 4.61. The van der Waals surface area contributed by atoms with Gasteiger partial charge in [-0.25, -0.2) is 0 Å². The second kappa shape index (κ2) is 5.83. The van der Waals surface area contributed by atoms with Crippen molar-refractivity contribution in [1.82, 2.24) is 10.2 Å². The maximum absolute atomic E-state index is 12.2. The number of hydrogen-bond donors (Lipinski definition) is 1. The van der Waals surface area contributed by atoms with Gasteiger partial charge in [-0.2, -0.15) is 11.8 Å². The van der Waals surface area contributed by atoms with Gasteiger partial charge in [-0.05, 0) is 32.9 Å². The number of carbonyl (C=O) groups is 2. The summed E-state index contributed by atoms with van der Waals surface area (Å²) in [7, 11) is 0. The molecule has 5 heteroatoms. The van der Waals surface area contributed by atoms with Crippen LogP contribution in [0.2, 0.25) is 0 Å². The Balaban J connectivity index is 1.94. The van der Waals surface area contributed by atoms with Crippen molar-refractivity contribution in [1.29, 1.82) is 0 Å². The Morgan fingerprint density at radius 2 is 2.00 bits per heavy atom. The van der Waals surface area contributed by atoms with Crippen molar-refractivity contribution in [2.24, 2.45) is 0 Å². The maximum Gasteiger partial charge on any atom is 0.247 e. The van der Waals surface area contributed by atoms with Crippen LogP contribution in [0.1, 0.15) is 46.0 Å². The van der Waals surface area contributed by atoms with Crippen molar-refractivity contribution in [2.75, 3.05) is 12.8 Å². The van der Waals surface area contributed by atoms with Crippen LogP contribution in [0.3, 0.4) is 0 Å². The van der Waals surface area contributed by atoms with E-state index in [0.29, 0.717) is 6.42 Å². The SMILES string of the molecule is CSC1(CNC2CC(=O)N(C(C)C)C2=O)CCCC1. The van der Waals surface area contributed by atoms with Gasteiger partial charge in [-0.3, -0.25) is 14.5 Å². The van der Waals surface area contributed by atoms with Gasteiger partial charge in [-0.1, -0.05) is 12.8 Å². The minimum Gasteiger partial charge on any atom is -0.304 e. The molecular weight excluding hydrogens is 260 g/mol. The molecule has 1 saturated heterocycles. The summed E-state index contributed by atoms with van der Waals surface area (Å²) in [6.07, 6.45) is 7.45. The highest BCUT2D eigenvalue weighted by Gasteiger charge is 2.41. The molecular formula is C14H24N2O2S. The lowest BCUT2D eigenvalue weighted by Crippen LogP contribution is -2.46. The van der Waals surface area contributed by atoms with Crippen molar-refractivity contribution in [3.63, 3.8) is 0 Å². The van der Waals surface area contributed by atoms with Crippen LogP contribution in [0.5, 0.6) is 0 Å². The van der Waals surface area contributed by atoms with Crippen LogP contribution in [0.25, 0.3) is 0 Å². The van der Waals surface area contributed by atoms with Crippen LogP contribution in [-0.2, 0) is 9.59 Å². The first kappa shape index (κ1) is 14.9. The summed E-state index contributed by atoms with van der Waals surface area (Å²) in [6, 6.07) is -0.340. The van der Waals surface area contributed by atoms with E-state index in [1.54, 1.807) is 0 Å². The molecule has 19 heavy (non-hydrogen) atoms. The molecule has 0 bridgehead atoms. The van der Waals surface area contributed by atoms with E-state index < -0.39 is 0 Å². The molecule has 4 nitrogen and oxygen atoms in total. The van der Waals surface area contributed by atoms with Gasteiger partial charge in [0.2, 0.25) is 11.8 Å². The molecule has 0 radical (unpaired) electrons. The molecule has 1 heterocycles. The lowest BCUT2D eigenvalue weighted by Gasteiger charge is -2.28. The Morgan fingerprint density at radius 3 is 2.47 bits per heavy atom. The molecule has 1 N–H and O–H groups in total. The van der Waals surface area contributed by atoms with Crippen molar-refractivity contribution < 1.29 is 9.59 Å². The zero-order chi connectivity index (χ0) is 14.0. The Labute approximate surface area is 119 Å². The third-order valence-corrected chi connectivity index (χ3v) is 5.74. The number of carbonyl (C=O) groups excluding carboxylic acids is 2. The summed E-state index contributed by atoms with van der Waals surface area (Å²) >= 11 is 1.90. The zero-order valence-corrected chi connectivity index (χ0v) is 12.9. The van der Waals surface area contributed by atoms with Gasteiger partial charge in [0, 0.05) is 17.3 Å². The van der Waals surface area contributed by atoms with Gasteiger partial charge in [0.05, 0.1) is 12.5 Å². The maximum atomic E-state index is 12.2. The lowest BCUT2D eigenvalue weighted by atomic mass is 10.1. The Morgan fingerprint density at radius 1 is 1.37 bits per heavy atom. The molecule has 1 atom stereocenters. The average molecular weight is 284 g/mol. The van der Waals surface area contributed by atoms with E-state index in [1.807, 2.05) is 25.6 Å². The molecule has 2 amide bonds. The Bertz CT molecular complexity index is 364. The van der Waals surface area contributed by atoms with E-state index in [0.717, 1.165) is 6.54 Å². The molecule has 0 spiro atoms. The molecule has 2 fully saturated rings. The van der Waals surface area contributed by atoms with Crippen LogP contribution in [0.4, 0.5) is 0 Å². The molecule has 0 aromatic heterocycles. The fourth-order valence-electron chi connectivity index (χ4n) is 3.13. The highest BCUT2D eigenvalue weighted by Crippen LogP contribution is 2.39. The molecule has 1 saturated carbocycles. The molecule has 1 aliphatic heterocycles. The first-order valence-electron chi connectivity index (χ1n) is 7.13. The first-order chi connectivity index (χ1) is 8.99. The molecule has 0 aromatic rings. The van der Waals surface area contributed by atoms with Crippen molar-refractivity contribution in [3.8, 4) is 0 Å². The van der Waals surface area contributed by atoms with Crippen LogP contribution in [0, 0.1) is 0 Å². The van der Waals surface area contributed by atoms with E-state index in [1.165, 1.54) is 30.6 Å². The number of thioether (sulfide) groups is 1. The number of amides is 2. The van der Waals surface area contributed by atoms with E-state index in [-0.39, 0.29) is 28.6 Å². The summed E-state index contributed by atoms with van der Waals surface area (Å²) in [5, 5.41) is 3.35. The van der Waals surface area contributed by atoms with E-state index in [4.69, 9.17) is 0 Å². The average Bonchev–Trinajstić information content (AvgIpc) is 2.93. The van der Waals surface area contributed by atoms with Crippen LogP contribution < -0.4 is 5.32 Å². The number of rotatable bonds is 5. The number of likely N-dealkylation sites (tertiary alicyclic amines) is 1. The van der Waals surface area contributed by atoms with E-state index >= 15 is 0 Å². The number of nitrogens with zero attached hydrogens (tertiary/aromatic N) is 1. The fourth-order valence-corrected chi connectivity index (χ4v) is 4.06. The van der Waals surface area contributed by atoms with Gasteiger partial charge in [0.15, 0.2) is 0 Å².